The third-order valence-corrected chi connectivity index (χ3v) is 4.24. The van der Waals surface area contributed by atoms with E-state index >= 15 is 0 Å². The number of nitrogens with zero attached hydrogens (tertiary/aromatic N) is 4. The van der Waals surface area contributed by atoms with Crippen LogP contribution in [0, 0.1) is 0 Å². The number of aromatic nitrogens is 4. The summed E-state index contributed by atoms with van der Waals surface area (Å²) in [7, 11) is 0. The van der Waals surface area contributed by atoms with Crippen LogP contribution < -0.4 is 0 Å². The van der Waals surface area contributed by atoms with Crippen LogP contribution in [-0.4, -0.2) is 19.6 Å². The molecule has 4 nitrogen and oxygen atoms in total. The van der Waals surface area contributed by atoms with Gasteiger partial charge in [-0.2, -0.15) is 5.10 Å². The van der Waals surface area contributed by atoms with E-state index < -0.39 is 0 Å². The summed E-state index contributed by atoms with van der Waals surface area (Å²) in [5.74, 6) is 0. The number of pyridine rings is 1. The van der Waals surface area contributed by atoms with Crippen LogP contribution in [0.5, 0.6) is 0 Å². The maximum Gasteiger partial charge on any atom is 0.154 e. The van der Waals surface area contributed by atoms with Crippen molar-refractivity contribution < 1.29 is 0 Å². The zero-order chi connectivity index (χ0) is 12.8. The van der Waals surface area contributed by atoms with Gasteiger partial charge in [-0.1, -0.05) is 11.6 Å². The van der Waals surface area contributed by atoms with E-state index in [0.29, 0.717) is 5.15 Å². The number of rotatable bonds is 1. The van der Waals surface area contributed by atoms with Gasteiger partial charge in [-0.25, -0.2) is 9.50 Å². The van der Waals surface area contributed by atoms with Crippen molar-refractivity contribution in [3.8, 4) is 10.6 Å². The van der Waals surface area contributed by atoms with Gasteiger partial charge >= 0.3 is 0 Å². The van der Waals surface area contributed by atoms with Crippen LogP contribution in [0.15, 0.2) is 42.9 Å². The first-order valence-corrected chi connectivity index (χ1v) is 6.85. The summed E-state index contributed by atoms with van der Waals surface area (Å²) < 4.78 is 2.96. The van der Waals surface area contributed by atoms with Gasteiger partial charge in [-0.3, -0.25) is 4.98 Å². The summed E-state index contributed by atoms with van der Waals surface area (Å²) in [6.07, 6.45) is 5.47. The minimum atomic E-state index is 0.453. The van der Waals surface area contributed by atoms with Crippen LogP contribution >= 0.6 is 22.9 Å². The maximum absolute atomic E-state index is 5.95. The molecule has 0 fully saturated rings. The van der Waals surface area contributed by atoms with Crippen LogP contribution in [-0.2, 0) is 0 Å². The van der Waals surface area contributed by atoms with Gasteiger partial charge in [0.15, 0.2) is 5.65 Å². The third kappa shape index (κ3) is 1.70. The lowest BCUT2D eigenvalue weighted by Crippen LogP contribution is -1.92. The van der Waals surface area contributed by atoms with E-state index in [2.05, 4.69) is 21.1 Å². The molecule has 0 spiro atoms. The van der Waals surface area contributed by atoms with Crippen LogP contribution in [0.1, 0.15) is 0 Å². The Hall–Kier alpha value is -1.98. The van der Waals surface area contributed by atoms with E-state index in [4.69, 9.17) is 11.6 Å². The topological polar surface area (TPSA) is 43.1 Å². The SMILES string of the molecule is Clc1ccc2ncc(-c3cc4cnccc4s3)n2n1. The Morgan fingerprint density at radius 3 is 3.00 bits per heavy atom. The number of thiophene rings is 1. The maximum atomic E-state index is 5.95. The quantitative estimate of drug-likeness (QED) is 0.536. The molecule has 0 aliphatic heterocycles. The predicted molar refractivity (Wildman–Crippen MR) is 76.6 cm³/mol. The first-order valence-electron chi connectivity index (χ1n) is 5.65. The number of hydrogen-bond acceptors (Lipinski definition) is 4. The lowest BCUT2D eigenvalue weighted by atomic mass is 10.3. The molecule has 0 amide bonds. The van der Waals surface area contributed by atoms with Gasteiger partial charge in [-0.15, -0.1) is 11.3 Å². The highest BCUT2D eigenvalue weighted by molar-refractivity contribution is 7.22. The first-order chi connectivity index (χ1) is 9.31. The highest BCUT2D eigenvalue weighted by Crippen LogP contribution is 2.33. The van der Waals surface area contributed by atoms with E-state index in [0.717, 1.165) is 21.6 Å². The molecule has 4 aromatic rings. The Morgan fingerprint density at radius 1 is 1.16 bits per heavy atom. The largest absolute Gasteiger partial charge is 0.264 e. The number of halogens is 1. The van der Waals surface area contributed by atoms with E-state index in [1.54, 1.807) is 28.1 Å². The second-order valence-corrected chi connectivity index (χ2v) is 5.56. The van der Waals surface area contributed by atoms with Gasteiger partial charge in [0.05, 0.1) is 11.1 Å². The number of fused-ring (bicyclic) bond motifs is 2. The molecule has 0 aliphatic carbocycles. The molecule has 4 rings (SSSR count). The highest BCUT2D eigenvalue weighted by Gasteiger charge is 2.10. The fraction of sp³-hybridized carbons (Fsp3) is 0. The molecule has 0 aliphatic rings. The lowest BCUT2D eigenvalue weighted by molar-refractivity contribution is 0.945. The Balaban J connectivity index is 2.00. The molecule has 4 aromatic heterocycles. The number of hydrogen-bond donors (Lipinski definition) is 0. The van der Waals surface area contributed by atoms with Crippen molar-refractivity contribution in [2.24, 2.45) is 0 Å². The van der Waals surface area contributed by atoms with Crippen LogP contribution in [0.4, 0.5) is 0 Å². The summed E-state index contributed by atoms with van der Waals surface area (Å²) in [6, 6.07) is 7.70. The molecular formula is C13H7ClN4S. The summed E-state index contributed by atoms with van der Waals surface area (Å²) in [4.78, 5) is 9.57. The highest BCUT2D eigenvalue weighted by atomic mass is 35.5. The fourth-order valence-electron chi connectivity index (χ4n) is 2.03. The van der Waals surface area contributed by atoms with Crippen LogP contribution in [0.2, 0.25) is 5.15 Å². The molecule has 19 heavy (non-hydrogen) atoms. The molecule has 0 radical (unpaired) electrons. The molecule has 0 unspecified atom stereocenters. The van der Waals surface area contributed by atoms with Gasteiger partial charge in [0.25, 0.3) is 0 Å². The van der Waals surface area contributed by atoms with E-state index in [-0.39, 0.29) is 0 Å². The zero-order valence-corrected chi connectivity index (χ0v) is 11.2. The molecule has 92 valence electrons. The number of imidazole rings is 1. The minimum Gasteiger partial charge on any atom is -0.264 e. The molecule has 6 heteroatoms. The van der Waals surface area contributed by atoms with Gasteiger partial charge in [0, 0.05) is 22.5 Å². The smallest absolute Gasteiger partial charge is 0.154 e. The van der Waals surface area contributed by atoms with Crippen LogP contribution in [0.25, 0.3) is 26.3 Å². The van der Waals surface area contributed by atoms with Gasteiger partial charge < -0.3 is 0 Å². The fourth-order valence-corrected chi connectivity index (χ4v) is 3.19. The molecule has 0 saturated heterocycles. The third-order valence-electron chi connectivity index (χ3n) is 2.90. The Morgan fingerprint density at radius 2 is 2.11 bits per heavy atom. The lowest BCUT2D eigenvalue weighted by Gasteiger charge is -1.97. The molecule has 0 aromatic carbocycles. The Labute approximate surface area is 117 Å². The molecular weight excluding hydrogens is 280 g/mol. The summed E-state index contributed by atoms with van der Waals surface area (Å²) in [5.41, 5.74) is 1.73. The standard InChI is InChI=1S/C13H7ClN4S/c14-12-1-2-13-16-7-9(18(13)17-12)11-5-8-6-15-4-3-10(8)19-11/h1-7H. The second-order valence-electron chi connectivity index (χ2n) is 4.09. The molecule has 4 heterocycles. The average Bonchev–Trinajstić information content (AvgIpc) is 3.00. The molecule has 0 bridgehead atoms. The van der Waals surface area contributed by atoms with Crippen LogP contribution in [0.3, 0.4) is 0 Å². The van der Waals surface area contributed by atoms with Crippen molar-refractivity contribution in [1.29, 1.82) is 0 Å². The van der Waals surface area contributed by atoms with Crippen molar-refractivity contribution in [1.82, 2.24) is 19.6 Å². The second kappa shape index (κ2) is 4.01. The van der Waals surface area contributed by atoms with Crippen molar-refractivity contribution in [2.75, 3.05) is 0 Å². The molecule has 0 atom stereocenters. The van der Waals surface area contributed by atoms with Crippen molar-refractivity contribution in [2.45, 2.75) is 0 Å². The summed E-state index contributed by atoms with van der Waals surface area (Å²) in [5, 5.41) is 5.87. The van der Waals surface area contributed by atoms with Gasteiger partial charge in [-0.05, 0) is 24.3 Å². The molecule has 0 N–H and O–H groups in total. The normalized spacial score (nSPS) is 11.4. The summed E-state index contributed by atoms with van der Waals surface area (Å²) in [6.45, 7) is 0. The zero-order valence-electron chi connectivity index (χ0n) is 9.62. The van der Waals surface area contributed by atoms with Gasteiger partial charge in [0.1, 0.15) is 10.8 Å². The Bertz CT molecular complexity index is 863. The monoisotopic (exact) mass is 286 g/mol. The van der Waals surface area contributed by atoms with Gasteiger partial charge in [0.2, 0.25) is 0 Å². The predicted octanol–water partition coefficient (Wildman–Crippen LogP) is 3.66. The van der Waals surface area contributed by atoms with E-state index in [1.165, 1.54) is 4.70 Å². The van der Waals surface area contributed by atoms with Crippen molar-refractivity contribution in [3.05, 3.63) is 48.0 Å². The van der Waals surface area contributed by atoms with E-state index in [1.807, 2.05) is 24.5 Å². The molecule has 0 saturated carbocycles. The Kier molecular flexibility index (Phi) is 2.30. The van der Waals surface area contributed by atoms with Crippen molar-refractivity contribution >= 4 is 38.7 Å². The first kappa shape index (κ1) is 10.9. The van der Waals surface area contributed by atoms with Crippen molar-refractivity contribution in [3.63, 3.8) is 0 Å². The summed E-state index contributed by atoms with van der Waals surface area (Å²) >= 11 is 7.64. The van der Waals surface area contributed by atoms with E-state index in [9.17, 15) is 0 Å². The minimum absolute atomic E-state index is 0.453. The average molecular weight is 287 g/mol.